The van der Waals surface area contributed by atoms with E-state index in [4.69, 9.17) is 14.2 Å². The van der Waals surface area contributed by atoms with Crippen LogP contribution in [0.1, 0.15) is 148 Å². The number of esters is 1. The molecule has 9 aliphatic rings. The summed E-state index contributed by atoms with van der Waals surface area (Å²) in [6.07, 6.45) is 20.5. The highest BCUT2D eigenvalue weighted by Gasteiger charge is 2.68. The van der Waals surface area contributed by atoms with E-state index in [9.17, 15) is 15.0 Å². The van der Waals surface area contributed by atoms with Crippen molar-refractivity contribution in [1.82, 2.24) is 0 Å². The van der Waals surface area contributed by atoms with Crippen LogP contribution in [0.15, 0.2) is 29.8 Å². The number of carbonyl (C=O) groups is 1. The van der Waals surface area contributed by atoms with Gasteiger partial charge in [0.25, 0.3) is 0 Å². The summed E-state index contributed by atoms with van der Waals surface area (Å²) >= 11 is 0. The second kappa shape index (κ2) is 13.1. The number of fused-ring (bicyclic) bond motifs is 12. The Bertz CT molecular complexity index is 1610. The van der Waals surface area contributed by atoms with Crippen LogP contribution in [-0.2, 0) is 25.4 Å². The van der Waals surface area contributed by atoms with Crippen molar-refractivity contribution >= 4 is 5.97 Å². The second-order valence-corrected chi connectivity index (χ2v) is 20.7. The first kappa shape index (κ1) is 36.7. The minimum atomic E-state index is -0.303. The van der Waals surface area contributed by atoms with Crippen LogP contribution < -0.4 is 0 Å². The summed E-state index contributed by atoms with van der Waals surface area (Å²) in [6.45, 7) is 14.6. The number of aliphatic hydroxyl groups is 1. The maximum atomic E-state index is 11.4. The lowest BCUT2D eigenvalue weighted by Crippen LogP contribution is -2.50. The molecule has 0 aromatic heterocycles. The molecule has 2 saturated heterocycles. The van der Waals surface area contributed by atoms with Gasteiger partial charge >= 0.3 is 5.97 Å². The number of benzene rings is 1. The molecule has 10 rings (SSSR count). The Hall–Kier alpha value is -1.89. The Kier molecular flexibility index (Phi) is 9.07. The minimum absolute atomic E-state index is 0.0661. The minimum Gasteiger partial charge on any atom is -0.508 e. The number of phenols is 1. The number of hydrogen-bond acceptors (Lipinski definition) is 6. The second-order valence-electron chi connectivity index (χ2n) is 20.7. The number of rotatable bonds is 1. The summed E-state index contributed by atoms with van der Waals surface area (Å²) in [5.74, 6) is 5.91. The van der Waals surface area contributed by atoms with E-state index in [1.54, 1.807) is 5.57 Å². The van der Waals surface area contributed by atoms with Crippen LogP contribution in [0.5, 0.6) is 5.75 Å². The summed E-state index contributed by atoms with van der Waals surface area (Å²) in [7, 11) is 0. The molecule has 6 heteroatoms. The van der Waals surface area contributed by atoms with Crippen molar-refractivity contribution in [2.45, 2.75) is 168 Å². The molecule has 5 saturated carbocycles. The molecule has 2 heterocycles. The molecule has 0 bridgehead atoms. The number of aryl methyl sites for hydroxylation is 1. The van der Waals surface area contributed by atoms with Gasteiger partial charge < -0.3 is 24.4 Å². The molecule has 1 aromatic carbocycles. The van der Waals surface area contributed by atoms with Gasteiger partial charge in [-0.15, -0.1) is 0 Å². The van der Waals surface area contributed by atoms with Gasteiger partial charge in [-0.1, -0.05) is 52.3 Å². The lowest BCUT2D eigenvalue weighted by molar-refractivity contribution is -0.272. The van der Waals surface area contributed by atoms with Crippen LogP contribution in [0, 0.1) is 63.6 Å². The maximum Gasteiger partial charge on any atom is 0.302 e. The zero-order valence-electron chi connectivity index (χ0n) is 33.6. The monoisotopic (exact) mass is 729 g/mol. The smallest absolute Gasteiger partial charge is 0.302 e. The van der Waals surface area contributed by atoms with Crippen LogP contribution in [0.4, 0.5) is 0 Å². The van der Waals surface area contributed by atoms with Gasteiger partial charge in [0, 0.05) is 24.7 Å². The van der Waals surface area contributed by atoms with Gasteiger partial charge in [-0.2, -0.15) is 0 Å². The van der Waals surface area contributed by atoms with Gasteiger partial charge in [0.2, 0.25) is 0 Å². The molecule has 7 fully saturated rings. The molecule has 0 radical (unpaired) electrons. The van der Waals surface area contributed by atoms with E-state index in [0.29, 0.717) is 64.1 Å². The number of allylic oxidation sites excluding steroid dienone is 2. The van der Waals surface area contributed by atoms with E-state index in [2.05, 4.69) is 46.8 Å². The number of aliphatic hydroxyl groups excluding tert-OH is 1. The topological polar surface area (TPSA) is 85.2 Å². The van der Waals surface area contributed by atoms with E-state index >= 15 is 0 Å². The average molecular weight is 729 g/mol. The summed E-state index contributed by atoms with van der Waals surface area (Å²) < 4.78 is 19.0. The molecule has 16 unspecified atom stereocenters. The van der Waals surface area contributed by atoms with E-state index in [1.165, 1.54) is 75.8 Å². The summed E-state index contributed by atoms with van der Waals surface area (Å²) in [5, 5.41) is 20.0. The fourth-order valence-electron chi connectivity index (χ4n) is 15.4. The lowest BCUT2D eigenvalue weighted by atomic mass is 9.48. The molecule has 2 N–H and O–H groups in total. The van der Waals surface area contributed by atoms with Crippen LogP contribution in [0.25, 0.3) is 0 Å². The third-order valence-electron chi connectivity index (χ3n) is 18.2. The van der Waals surface area contributed by atoms with Gasteiger partial charge in [-0.25, -0.2) is 0 Å². The Morgan fingerprint density at radius 2 is 1.72 bits per heavy atom. The Morgan fingerprint density at radius 1 is 0.887 bits per heavy atom. The van der Waals surface area contributed by atoms with Gasteiger partial charge in [-0.05, 0) is 171 Å². The molecule has 1 aromatic rings. The molecule has 0 amide bonds. The van der Waals surface area contributed by atoms with Gasteiger partial charge in [-0.3, -0.25) is 4.79 Å². The molecule has 7 aliphatic carbocycles. The Morgan fingerprint density at radius 3 is 2.49 bits per heavy atom. The van der Waals surface area contributed by atoms with Crippen molar-refractivity contribution in [3.8, 4) is 5.75 Å². The fraction of sp³-hybridized carbons (Fsp3) is 0.809. The highest BCUT2D eigenvalue weighted by Crippen LogP contribution is 2.70. The highest BCUT2D eigenvalue weighted by molar-refractivity contribution is 5.66. The van der Waals surface area contributed by atoms with Gasteiger partial charge in [0.1, 0.15) is 11.9 Å². The third-order valence-corrected chi connectivity index (χ3v) is 18.2. The van der Waals surface area contributed by atoms with Crippen molar-refractivity contribution in [1.29, 1.82) is 0 Å². The predicted molar refractivity (Wildman–Crippen MR) is 206 cm³/mol. The van der Waals surface area contributed by atoms with Crippen LogP contribution >= 0.6 is 0 Å². The quantitative estimate of drug-likeness (QED) is 0.221. The number of ether oxygens (including phenoxy) is 3. The van der Waals surface area contributed by atoms with E-state index < -0.39 is 0 Å². The van der Waals surface area contributed by atoms with E-state index in [0.717, 1.165) is 57.0 Å². The van der Waals surface area contributed by atoms with Crippen LogP contribution in [0.2, 0.25) is 0 Å². The third kappa shape index (κ3) is 5.66. The maximum absolute atomic E-state index is 11.4. The molecule has 53 heavy (non-hydrogen) atoms. The first-order valence-corrected chi connectivity index (χ1v) is 21.9. The van der Waals surface area contributed by atoms with Crippen molar-refractivity contribution in [2.75, 3.05) is 6.61 Å². The first-order chi connectivity index (χ1) is 25.3. The summed E-state index contributed by atoms with van der Waals surface area (Å²) in [4.78, 5) is 11.4. The molecule has 16 atom stereocenters. The zero-order valence-corrected chi connectivity index (χ0v) is 33.6. The number of phenolic OH excluding ortho intramolecular Hbond substituents is 1. The van der Waals surface area contributed by atoms with Crippen molar-refractivity contribution in [3.63, 3.8) is 0 Å². The molecule has 1 spiro atoms. The number of aromatic hydroxyl groups is 1. The van der Waals surface area contributed by atoms with Crippen molar-refractivity contribution in [2.24, 2.45) is 63.6 Å². The predicted octanol–water partition coefficient (Wildman–Crippen LogP) is 9.89. The zero-order chi connectivity index (χ0) is 37.1. The van der Waals surface area contributed by atoms with E-state index in [-0.39, 0.29) is 29.4 Å². The van der Waals surface area contributed by atoms with E-state index in [1.807, 2.05) is 12.1 Å². The average Bonchev–Trinajstić information content (AvgIpc) is 3.71. The first-order valence-electron chi connectivity index (χ1n) is 21.9. The lowest BCUT2D eigenvalue weighted by Gasteiger charge is -2.57. The highest BCUT2D eigenvalue weighted by atomic mass is 16.7. The molecule has 6 nitrogen and oxygen atoms in total. The largest absolute Gasteiger partial charge is 0.508 e. The molecule has 292 valence electrons. The Balaban J connectivity index is 0.000000146. The summed E-state index contributed by atoms with van der Waals surface area (Å²) in [6, 6.07) is 5.93. The van der Waals surface area contributed by atoms with Gasteiger partial charge in [0.15, 0.2) is 5.79 Å². The Labute approximate surface area is 319 Å². The van der Waals surface area contributed by atoms with Crippen molar-refractivity contribution < 1.29 is 29.2 Å². The number of hydrogen-bond donors (Lipinski definition) is 2. The summed E-state index contributed by atoms with van der Waals surface area (Å²) in [5.41, 5.74) is 5.41. The van der Waals surface area contributed by atoms with Crippen LogP contribution in [0.3, 0.4) is 0 Å². The molecular weight excluding hydrogens is 661 g/mol. The fourth-order valence-corrected chi connectivity index (χ4v) is 15.4. The number of carbonyl (C=O) groups excluding carboxylic acids is 1. The van der Waals surface area contributed by atoms with Crippen LogP contribution in [-0.4, -0.2) is 46.9 Å². The standard InChI is InChI=1S/C27H42O3.C20H26O3/c1-16-7-12-27(29-15-16)17(2)24-23(30-27)14-22-20-6-5-18-13-19(28)8-10-25(18,3)21(20)9-11-26(22,24)4;1-12(21)23-19-8-7-18-17-5-3-13-11-14(22)4-6-15(13)16(17)9-10-20(18,19)2/h9,16-20,22-24,28H,5-8,10-15H2,1-4H3;4,6,11,16-19,22H,3,5,7-10H2,1-2H3. The normalized spacial score (nSPS) is 50.5. The van der Waals surface area contributed by atoms with Gasteiger partial charge in [0.05, 0.1) is 18.8 Å². The van der Waals surface area contributed by atoms with Crippen molar-refractivity contribution in [3.05, 3.63) is 41.0 Å². The molecular formula is C47H68O6. The SMILES string of the molecule is CC(=O)OC1CCC2C3CCc4cc(O)ccc4C3CCC12C.CC1CCC2(OC1)OC1CC3C4CCC5CC(O)CCC5(C)C4=CCC3(C)C1C2C. The molecule has 2 aliphatic heterocycles.